The Balaban J connectivity index is 2.23. The SMILES string of the molecule is CC1(O)CCN(c2ncccc2CO)C1. The summed E-state index contributed by atoms with van der Waals surface area (Å²) in [6.07, 6.45) is 2.45. The molecule has 4 heteroatoms. The Morgan fingerprint density at radius 3 is 3.00 bits per heavy atom. The van der Waals surface area contributed by atoms with Crippen LogP contribution in [0.3, 0.4) is 0 Å². The number of aliphatic hydroxyl groups is 2. The average molecular weight is 208 g/mol. The number of aromatic nitrogens is 1. The third-order valence-corrected chi connectivity index (χ3v) is 2.79. The first-order chi connectivity index (χ1) is 7.12. The van der Waals surface area contributed by atoms with Gasteiger partial charge in [0, 0.05) is 24.8 Å². The third-order valence-electron chi connectivity index (χ3n) is 2.79. The normalized spacial score (nSPS) is 25.9. The first-order valence-electron chi connectivity index (χ1n) is 5.14. The number of aliphatic hydroxyl groups excluding tert-OH is 1. The van der Waals surface area contributed by atoms with E-state index in [1.165, 1.54) is 0 Å². The van der Waals surface area contributed by atoms with Crippen molar-refractivity contribution < 1.29 is 10.2 Å². The molecule has 1 unspecified atom stereocenters. The van der Waals surface area contributed by atoms with E-state index >= 15 is 0 Å². The van der Waals surface area contributed by atoms with Gasteiger partial charge in [0.2, 0.25) is 0 Å². The molecule has 15 heavy (non-hydrogen) atoms. The molecule has 2 heterocycles. The van der Waals surface area contributed by atoms with E-state index in [0.717, 1.165) is 24.3 Å². The van der Waals surface area contributed by atoms with Gasteiger partial charge in [-0.2, -0.15) is 0 Å². The van der Waals surface area contributed by atoms with Crippen LogP contribution < -0.4 is 4.90 Å². The second-order valence-corrected chi connectivity index (χ2v) is 4.31. The highest BCUT2D eigenvalue weighted by Crippen LogP contribution is 2.27. The van der Waals surface area contributed by atoms with Gasteiger partial charge in [-0.1, -0.05) is 6.07 Å². The molecule has 1 saturated heterocycles. The van der Waals surface area contributed by atoms with Crippen LogP contribution in [0.25, 0.3) is 0 Å². The van der Waals surface area contributed by atoms with E-state index in [1.54, 1.807) is 6.20 Å². The molecule has 1 aliphatic heterocycles. The molecule has 4 nitrogen and oxygen atoms in total. The van der Waals surface area contributed by atoms with Gasteiger partial charge in [0.1, 0.15) is 5.82 Å². The smallest absolute Gasteiger partial charge is 0.134 e. The molecule has 1 aliphatic rings. The minimum Gasteiger partial charge on any atom is -0.392 e. The largest absolute Gasteiger partial charge is 0.392 e. The van der Waals surface area contributed by atoms with Gasteiger partial charge in [0.15, 0.2) is 0 Å². The first-order valence-corrected chi connectivity index (χ1v) is 5.14. The van der Waals surface area contributed by atoms with Gasteiger partial charge >= 0.3 is 0 Å². The molecule has 0 saturated carbocycles. The van der Waals surface area contributed by atoms with Crippen LogP contribution >= 0.6 is 0 Å². The first kappa shape index (κ1) is 10.4. The Labute approximate surface area is 89.2 Å². The second-order valence-electron chi connectivity index (χ2n) is 4.31. The summed E-state index contributed by atoms with van der Waals surface area (Å²) in [5.74, 6) is 0.790. The van der Waals surface area contributed by atoms with Crippen LogP contribution in [0.2, 0.25) is 0 Å². The number of rotatable bonds is 2. The minimum absolute atomic E-state index is 0.0121. The van der Waals surface area contributed by atoms with Gasteiger partial charge in [0.25, 0.3) is 0 Å². The van der Waals surface area contributed by atoms with Gasteiger partial charge in [-0.3, -0.25) is 0 Å². The van der Waals surface area contributed by atoms with Crippen molar-refractivity contribution in [2.75, 3.05) is 18.0 Å². The van der Waals surface area contributed by atoms with E-state index in [2.05, 4.69) is 4.98 Å². The Morgan fingerprint density at radius 2 is 2.40 bits per heavy atom. The van der Waals surface area contributed by atoms with Crippen LogP contribution in [-0.4, -0.2) is 33.9 Å². The number of β-amino-alcohol motifs (C(OH)–C–C–N with tert-alkyl or cyclic N) is 1. The van der Waals surface area contributed by atoms with Crippen LogP contribution in [-0.2, 0) is 6.61 Å². The summed E-state index contributed by atoms with van der Waals surface area (Å²) in [6, 6.07) is 3.67. The molecule has 2 N–H and O–H groups in total. The fourth-order valence-electron chi connectivity index (χ4n) is 1.96. The Kier molecular flexibility index (Phi) is 2.63. The fourth-order valence-corrected chi connectivity index (χ4v) is 1.96. The Bertz CT molecular complexity index is 352. The van der Waals surface area contributed by atoms with Crippen LogP contribution in [0.5, 0.6) is 0 Å². The molecule has 2 rings (SSSR count). The number of hydrogen-bond acceptors (Lipinski definition) is 4. The van der Waals surface area contributed by atoms with E-state index in [-0.39, 0.29) is 6.61 Å². The molecular formula is C11H16N2O2. The van der Waals surface area contributed by atoms with Crippen molar-refractivity contribution in [3.8, 4) is 0 Å². The molecule has 0 bridgehead atoms. The molecule has 1 aromatic heterocycles. The molecule has 1 aromatic rings. The van der Waals surface area contributed by atoms with Crippen molar-refractivity contribution >= 4 is 5.82 Å². The molecule has 0 aromatic carbocycles. The molecule has 0 amide bonds. The maximum absolute atomic E-state index is 9.86. The van der Waals surface area contributed by atoms with Crippen LogP contribution in [0.15, 0.2) is 18.3 Å². The van der Waals surface area contributed by atoms with Crippen molar-refractivity contribution in [2.24, 2.45) is 0 Å². The molecule has 0 radical (unpaired) electrons. The van der Waals surface area contributed by atoms with Crippen molar-refractivity contribution in [3.05, 3.63) is 23.9 Å². The molecule has 1 fully saturated rings. The minimum atomic E-state index is -0.635. The van der Waals surface area contributed by atoms with Crippen LogP contribution in [0.1, 0.15) is 18.9 Å². The topological polar surface area (TPSA) is 56.6 Å². The van der Waals surface area contributed by atoms with Crippen molar-refractivity contribution in [3.63, 3.8) is 0 Å². The maximum Gasteiger partial charge on any atom is 0.134 e. The van der Waals surface area contributed by atoms with Crippen LogP contribution in [0.4, 0.5) is 5.82 Å². The summed E-state index contributed by atoms with van der Waals surface area (Å²) in [6.45, 7) is 3.18. The number of anilines is 1. The predicted molar refractivity (Wildman–Crippen MR) is 57.6 cm³/mol. The third kappa shape index (κ3) is 2.11. The number of hydrogen-bond donors (Lipinski definition) is 2. The van der Waals surface area contributed by atoms with Gasteiger partial charge in [-0.05, 0) is 19.4 Å². The second kappa shape index (κ2) is 3.79. The monoisotopic (exact) mass is 208 g/mol. The van der Waals surface area contributed by atoms with Crippen molar-refractivity contribution in [2.45, 2.75) is 25.6 Å². The van der Waals surface area contributed by atoms with Crippen molar-refractivity contribution in [1.29, 1.82) is 0 Å². The Morgan fingerprint density at radius 1 is 1.60 bits per heavy atom. The lowest BCUT2D eigenvalue weighted by molar-refractivity contribution is 0.0838. The van der Waals surface area contributed by atoms with Gasteiger partial charge in [0.05, 0.1) is 12.2 Å². The van der Waals surface area contributed by atoms with E-state index in [1.807, 2.05) is 24.0 Å². The zero-order valence-electron chi connectivity index (χ0n) is 8.85. The lowest BCUT2D eigenvalue weighted by Crippen LogP contribution is -2.30. The standard InChI is InChI=1S/C11H16N2O2/c1-11(15)4-6-13(8-11)10-9(7-14)3-2-5-12-10/h2-3,5,14-15H,4,6-8H2,1H3. The van der Waals surface area contributed by atoms with E-state index in [4.69, 9.17) is 0 Å². The Hall–Kier alpha value is -1.13. The maximum atomic E-state index is 9.86. The van der Waals surface area contributed by atoms with Gasteiger partial charge < -0.3 is 15.1 Å². The molecular weight excluding hydrogens is 192 g/mol. The summed E-state index contributed by atoms with van der Waals surface area (Å²) in [7, 11) is 0. The highest BCUT2D eigenvalue weighted by Gasteiger charge is 2.32. The van der Waals surface area contributed by atoms with Crippen LogP contribution in [0, 0.1) is 0 Å². The van der Waals surface area contributed by atoms with Crippen molar-refractivity contribution in [1.82, 2.24) is 4.98 Å². The summed E-state index contributed by atoms with van der Waals surface area (Å²) < 4.78 is 0. The predicted octanol–water partition coefficient (Wildman–Crippen LogP) is 0.535. The van der Waals surface area contributed by atoms with Gasteiger partial charge in [-0.25, -0.2) is 4.98 Å². The fraction of sp³-hybridized carbons (Fsp3) is 0.545. The molecule has 0 spiro atoms. The summed E-state index contributed by atoms with van der Waals surface area (Å²) >= 11 is 0. The number of pyridine rings is 1. The lowest BCUT2D eigenvalue weighted by Gasteiger charge is -2.21. The lowest BCUT2D eigenvalue weighted by atomic mass is 10.1. The molecule has 1 atom stereocenters. The highest BCUT2D eigenvalue weighted by molar-refractivity contribution is 5.47. The quantitative estimate of drug-likeness (QED) is 0.744. The molecule has 82 valence electrons. The van der Waals surface area contributed by atoms with E-state index < -0.39 is 5.60 Å². The molecule has 0 aliphatic carbocycles. The zero-order chi connectivity index (χ0) is 10.9. The zero-order valence-corrected chi connectivity index (χ0v) is 8.85. The van der Waals surface area contributed by atoms with E-state index in [9.17, 15) is 10.2 Å². The van der Waals surface area contributed by atoms with E-state index in [0.29, 0.717) is 6.54 Å². The highest BCUT2D eigenvalue weighted by atomic mass is 16.3. The number of nitrogens with zero attached hydrogens (tertiary/aromatic N) is 2. The van der Waals surface area contributed by atoms with Gasteiger partial charge in [-0.15, -0.1) is 0 Å². The summed E-state index contributed by atoms with van der Waals surface area (Å²) in [5, 5.41) is 19.0. The summed E-state index contributed by atoms with van der Waals surface area (Å²) in [5.41, 5.74) is 0.180. The average Bonchev–Trinajstić information content (AvgIpc) is 2.59. The summed E-state index contributed by atoms with van der Waals surface area (Å²) in [4.78, 5) is 6.27.